The first-order valence-electron chi connectivity index (χ1n) is 29.7. The summed E-state index contributed by atoms with van der Waals surface area (Å²) in [5.41, 5.74) is 5.38. The number of rotatable bonds is 55. The van der Waals surface area contributed by atoms with Crippen molar-refractivity contribution < 1.29 is 37.6 Å². The van der Waals surface area contributed by atoms with Gasteiger partial charge in [-0.3, -0.25) is 18.6 Å². The van der Waals surface area contributed by atoms with E-state index in [2.05, 4.69) is 111 Å². The molecular formula is C63H110NO8P. The van der Waals surface area contributed by atoms with Crippen LogP contribution in [0, 0.1) is 0 Å². The van der Waals surface area contributed by atoms with Crippen molar-refractivity contribution in [3.05, 3.63) is 97.2 Å². The number of carbonyl (C=O) groups excluding carboxylic acids is 2. The van der Waals surface area contributed by atoms with E-state index >= 15 is 0 Å². The zero-order chi connectivity index (χ0) is 53.1. The highest BCUT2D eigenvalue weighted by Gasteiger charge is 2.26. The van der Waals surface area contributed by atoms with Gasteiger partial charge in [-0.1, -0.05) is 252 Å². The molecule has 0 rings (SSSR count). The summed E-state index contributed by atoms with van der Waals surface area (Å²) in [6.07, 6.45) is 77.7. The van der Waals surface area contributed by atoms with Gasteiger partial charge in [-0.2, -0.15) is 0 Å². The fraction of sp³-hybridized carbons (Fsp3) is 0.714. The maximum atomic E-state index is 12.7. The predicted molar refractivity (Wildman–Crippen MR) is 312 cm³/mol. The van der Waals surface area contributed by atoms with E-state index in [9.17, 15) is 19.0 Å². The Morgan fingerprint density at radius 3 is 1.05 bits per heavy atom. The van der Waals surface area contributed by atoms with Crippen LogP contribution >= 0.6 is 7.82 Å². The maximum Gasteiger partial charge on any atom is 0.472 e. The number of allylic oxidation sites excluding steroid dienone is 16. The average molecular weight is 1040 g/mol. The number of unbranched alkanes of at least 4 members (excludes halogenated alkanes) is 26. The molecule has 0 amide bonds. The van der Waals surface area contributed by atoms with Crippen LogP contribution in [0.2, 0.25) is 0 Å². The third-order valence-corrected chi connectivity index (χ3v) is 13.4. The summed E-state index contributed by atoms with van der Waals surface area (Å²) in [6.45, 7) is 3.50. The number of hydrogen-bond acceptors (Lipinski definition) is 8. The van der Waals surface area contributed by atoms with Crippen LogP contribution in [-0.2, 0) is 32.7 Å². The Morgan fingerprint density at radius 1 is 0.411 bits per heavy atom. The van der Waals surface area contributed by atoms with Crippen molar-refractivity contribution in [2.75, 3.05) is 26.4 Å². The molecule has 2 atom stereocenters. The molecule has 0 aliphatic heterocycles. The summed E-state index contributed by atoms with van der Waals surface area (Å²) in [5.74, 6) is -0.852. The van der Waals surface area contributed by atoms with E-state index in [0.29, 0.717) is 12.8 Å². The Bertz CT molecular complexity index is 1510. The summed E-state index contributed by atoms with van der Waals surface area (Å²) < 4.78 is 33.0. The third-order valence-electron chi connectivity index (χ3n) is 12.5. The molecule has 0 aromatic carbocycles. The SMILES string of the molecule is CC/C=C\C/C=C\C/C=C\C/C=C\CCCCCCCCCCCCCCCCCCCCCCCCC(=O)OC(COC(=O)CCCCCC/C=C\C/C=C\C/C=C\C/C=C\CC)COP(=O)(O)OCCN. The molecule has 0 aliphatic rings. The van der Waals surface area contributed by atoms with Gasteiger partial charge >= 0.3 is 19.8 Å². The minimum absolute atomic E-state index is 0.0470. The van der Waals surface area contributed by atoms with E-state index < -0.39 is 32.5 Å². The number of ether oxygens (including phenoxy) is 2. The second-order valence-corrected chi connectivity index (χ2v) is 20.9. The second-order valence-electron chi connectivity index (χ2n) is 19.5. The van der Waals surface area contributed by atoms with Crippen LogP contribution in [0.1, 0.15) is 258 Å². The van der Waals surface area contributed by atoms with Gasteiger partial charge in [0.1, 0.15) is 6.61 Å². The first kappa shape index (κ1) is 69.9. The summed E-state index contributed by atoms with van der Waals surface area (Å²) in [6, 6.07) is 0. The number of esters is 2. The van der Waals surface area contributed by atoms with Crippen molar-refractivity contribution in [2.45, 2.75) is 264 Å². The summed E-state index contributed by atoms with van der Waals surface area (Å²) in [7, 11) is -4.40. The molecule has 0 saturated carbocycles. The zero-order valence-corrected chi connectivity index (χ0v) is 47.7. The predicted octanol–water partition coefficient (Wildman–Crippen LogP) is 18.8. The molecule has 10 heteroatoms. The summed E-state index contributed by atoms with van der Waals surface area (Å²) in [4.78, 5) is 35.1. The quantitative estimate of drug-likeness (QED) is 0.0264. The van der Waals surface area contributed by atoms with Crippen molar-refractivity contribution in [1.29, 1.82) is 0 Å². The number of nitrogens with two attached hydrogens (primary N) is 1. The van der Waals surface area contributed by atoms with Crippen molar-refractivity contribution in [1.82, 2.24) is 0 Å². The van der Waals surface area contributed by atoms with Gasteiger partial charge in [0.05, 0.1) is 13.2 Å². The minimum atomic E-state index is -4.40. The molecule has 0 aliphatic carbocycles. The lowest BCUT2D eigenvalue weighted by Gasteiger charge is -2.19. The molecule has 0 heterocycles. The number of hydrogen-bond donors (Lipinski definition) is 2. The number of carbonyl (C=O) groups is 2. The van der Waals surface area contributed by atoms with E-state index in [4.69, 9.17) is 24.3 Å². The number of phosphoric ester groups is 1. The van der Waals surface area contributed by atoms with Crippen molar-refractivity contribution >= 4 is 19.8 Å². The van der Waals surface area contributed by atoms with Crippen LogP contribution in [0.5, 0.6) is 0 Å². The first-order valence-corrected chi connectivity index (χ1v) is 31.2. The molecular weight excluding hydrogens is 930 g/mol. The van der Waals surface area contributed by atoms with Gasteiger partial charge in [0.2, 0.25) is 0 Å². The monoisotopic (exact) mass is 1040 g/mol. The molecule has 0 aromatic heterocycles. The van der Waals surface area contributed by atoms with Crippen LogP contribution in [0.15, 0.2) is 97.2 Å². The highest BCUT2D eigenvalue weighted by atomic mass is 31.2. The maximum absolute atomic E-state index is 12.7. The van der Waals surface area contributed by atoms with Crippen molar-refractivity contribution in [3.63, 3.8) is 0 Å². The normalized spacial score (nSPS) is 13.8. The highest BCUT2D eigenvalue weighted by molar-refractivity contribution is 7.47. The molecule has 9 nitrogen and oxygen atoms in total. The van der Waals surface area contributed by atoms with Crippen LogP contribution in [0.3, 0.4) is 0 Å². The fourth-order valence-electron chi connectivity index (χ4n) is 8.15. The molecule has 3 N–H and O–H groups in total. The lowest BCUT2D eigenvalue weighted by Crippen LogP contribution is -2.29. The molecule has 420 valence electrons. The molecule has 0 saturated heterocycles. The molecule has 0 bridgehead atoms. The second kappa shape index (κ2) is 58.2. The lowest BCUT2D eigenvalue weighted by atomic mass is 10.0. The van der Waals surface area contributed by atoms with Gasteiger partial charge in [0.25, 0.3) is 0 Å². The largest absolute Gasteiger partial charge is 0.472 e. The van der Waals surface area contributed by atoms with E-state index in [1.165, 1.54) is 122 Å². The van der Waals surface area contributed by atoms with Gasteiger partial charge in [0.15, 0.2) is 6.10 Å². The standard InChI is InChI=1S/C63H110NO8P/c1-3-5-7-9-11-13-15-17-19-21-22-23-24-25-26-27-28-29-30-31-32-33-34-35-36-37-38-40-42-44-46-48-50-52-54-56-63(66)72-61(60-71-73(67,68)70-58-57-64)59-69-62(65)55-53-51-49-47-45-43-41-39-20-18-16-14-12-10-8-6-4-2/h5-8,11-14,17-20,22-23,41,43,61H,3-4,9-10,15-16,21,24-40,42,44-60,64H2,1-2H3,(H,67,68)/b7-5-,8-6-,13-11-,14-12-,19-17-,20-18-,23-22-,43-41-. The van der Waals surface area contributed by atoms with Gasteiger partial charge in [-0.25, -0.2) is 4.57 Å². The first-order chi connectivity index (χ1) is 35.8. The third kappa shape index (κ3) is 58.1. The summed E-state index contributed by atoms with van der Waals surface area (Å²) >= 11 is 0. The Hall–Kier alpha value is -3.07. The Morgan fingerprint density at radius 2 is 0.712 bits per heavy atom. The van der Waals surface area contributed by atoms with E-state index in [1.54, 1.807) is 0 Å². The Labute approximate surface area is 448 Å². The topological polar surface area (TPSA) is 134 Å². The molecule has 0 aromatic rings. The smallest absolute Gasteiger partial charge is 0.462 e. The van der Waals surface area contributed by atoms with Crippen LogP contribution in [-0.4, -0.2) is 49.3 Å². The molecule has 0 fully saturated rings. The summed E-state index contributed by atoms with van der Waals surface area (Å²) in [5, 5.41) is 0. The van der Waals surface area contributed by atoms with Gasteiger partial charge in [-0.15, -0.1) is 0 Å². The fourth-order valence-corrected chi connectivity index (χ4v) is 8.91. The molecule has 0 radical (unpaired) electrons. The highest BCUT2D eigenvalue weighted by Crippen LogP contribution is 2.43. The molecule has 73 heavy (non-hydrogen) atoms. The van der Waals surface area contributed by atoms with Gasteiger partial charge in [-0.05, 0) is 89.9 Å². The van der Waals surface area contributed by atoms with E-state index in [0.717, 1.165) is 96.3 Å². The van der Waals surface area contributed by atoms with Gasteiger partial charge in [0, 0.05) is 19.4 Å². The molecule has 0 spiro atoms. The van der Waals surface area contributed by atoms with Crippen LogP contribution in [0.25, 0.3) is 0 Å². The number of phosphoric acid groups is 1. The van der Waals surface area contributed by atoms with Crippen LogP contribution < -0.4 is 5.73 Å². The van der Waals surface area contributed by atoms with Crippen molar-refractivity contribution in [3.8, 4) is 0 Å². The Kier molecular flexibility index (Phi) is 55.7. The zero-order valence-electron chi connectivity index (χ0n) is 46.8. The van der Waals surface area contributed by atoms with E-state index in [-0.39, 0.29) is 32.6 Å². The van der Waals surface area contributed by atoms with Crippen LogP contribution in [0.4, 0.5) is 0 Å². The minimum Gasteiger partial charge on any atom is -0.462 e. The van der Waals surface area contributed by atoms with E-state index in [1.807, 2.05) is 0 Å². The Balaban J connectivity index is 3.88. The average Bonchev–Trinajstić information content (AvgIpc) is 3.38. The molecule has 2 unspecified atom stereocenters. The van der Waals surface area contributed by atoms with Crippen molar-refractivity contribution in [2.24, 2.45) is 5.73 Å². The van der Waals surface area contributed by atoms with Gasteiger partial charge < -0.3 is 20.1 Å². The lowest BCUT2D eigenvalue weighted by molar-refractivity contribution is -0.161.